The van der Waals surface area contributed by atoms with Gasteiger partial charge < -0.3 is 14.6 Å². The standard InChI is InChI=1S/C18H15NO2/c1-11-6-8-17(20-11)18(19)12-7-9-16-14(10-12)13-4-2-3-5-15(13)21-16/h2-10,18H,19H2,1H3. The van der Waals surface area contributed by atoms with Crippen LogP contribution in [0.2, 0.25) is 0 Å². The van der Waals surface area contributed by atoms with E-state index in [1.54, 1.807) is 0 Å². The number of hydrogen-bond donors (Lipinski definition) is 1. The zero-order valence-corrected chi connectivity index (χ0v) is 11.7. The van der Waals surface area contributed by atoms with E-state index >= 15 is 0 Å². The van der Waals surface area contributed by atoms with Crippen LogP contribution >= 0.6 is 0 Å². The lowest BCUT2D eigenvalue weighted by Crippen LogP contribution is -2.10. The van der Waals surface area contributed by atoms with Crippen molar-refractivity contribution in [1.82, 2.24) is 0 Å². The van der Waals surface area contributed by atoms with Crippen molar-refractivity contribution in [3.8, 4) is 0 Å². The summed E-state index contributed by atoms with van der Waals surface area (Å²) in [4.78, 5) is 0. The molecule has 3 heteroatoms. The predicted molar refractivity (Wildman–Crippen MR) is 83.2 cm³/mol. The van der Waals surface area contributed by atoms with Gasteiger partial charge in [0.25, 0.3) is 0 Å². The summed E-state index contributed by atoms with van der Waals surface area (Å²) in [7, 11) is 0. The lowest BCUT2D eigenvalue weighted by atomic mass is 10.0. The summed E-state index contributed by atoms with van der Waals surface area (Å²) >= 11 is 0. The fraction of sp³-hybridized carbons (Fsp3) is 0.111. The van der Waals surface area contributed by atoms with Crippen LogP contribution in [0.5, 0.6) is 0 Å². The summed E-state index contributed by atoms with van der Waals surface area (Å²) in [5.41, 5.74) is 9.10. The smallest absolute Gasteiger partial charge is 0.135 e. The molecule has 2 heterocycles. The molecule has 4 aromatic rings. The number of benzene rings is 2. The van der Waals surface area contributed by atoms with Gasteiger partial charge >= 0.3 is 0 Å². The molecule has 3 nitrogen and oxygen atoms in total. The van der Waals surface area contributed by atoms with Crippen molar-refractivity contribution >= 4 is 21.9 Å². The first kappa shape index (κ1) is 12.2. The first-order valence-corrected chi connectivity index (χ1v) is 6.95. The molecule has 2 N–H and O–H groups in total. The first-order valence-electron chi connectivity index (χ1n) is 6.95. The second kappa shape index (κ2) is 4.50. The van der Waals surface area contributed by atoms with Crippen LogP contribution in [0, 0.1) is 6.92 Å². The van der Waals surface area contributed by atoms with Crippen LogP contribution in [0.4, 0.5) is 0 Å². The Morgan fingerprint density at radius 1 is 0.857 bits per heavy atom. The highest BCUT2D eigenvalue weighted by molar-refractivity contribution is 6.05. The zero-order valence-electron chi connectivity index (χ0n) is 11.7. The third kappa shape index (κ3) is 1.94. The van der Waals surface area contributed by atoms with E-state index in [9.17, 15) is 0 Å². The van der Waals surface area contributed by atoms with E-state index in [2.05, 4.69) is 12.1 Å². The third-order valence-corrected chi connectivity index (χ3v) is 3.83. The Bertz CT molecular complexity index is 933. The predicted octanol–water partition coefficient (Wildman–Crippen LogP) is 4.54. The molecule has 4 rings (SSSR count). The van der Waals surface area contributed by atoms with Crippen LogP contribution in [0.15, 0.2) is 63.4 Å². The second-order valence-electron chi connectivity index (χ2n) is 5.28. The lowest BCUT2D eigenvalue weighted by Gasteiger charge is -2.09. The van der Waals surface area contributed by atoms with E-state index < -0.39 is 0 Å². The van der Waals surface area contributed by atoms with Gasteiger partial charge in [0.15, 0.2) is 0 Å². The number of para-hydroxylation sites is 1. The molecule has 0 fully saturated rings. The summed E-state index contributed by atoms with van der Waals surface area (Å²) < 4.78 is 11.5. The maximum absolute atomic E-state index is 6.31. The molecule has 2 aromatic carbocycles. The van der Waals surface area contributed by atoms with Gasteiger partial charge in [0, 0.05) is 10.8 Å². The Labute approximate surface area is 122 Å². The molecule has 0 spiro atoms. The van der Waals surface area contributed by atoms with Gasteiger partial charge in [-0.1, -0.05) is 24.3 Å². The van der Waals surface area contributed by atoms with Gasteiger partial charge in [0.1, 0.15) is 22.7 Å². The van der Waals surface area contributed by atoms with Crippen LogP contribution in [-0.4, -0.2) is 0 Å². The van der Waals surface area contributed by atoms with Crippen LogP contribution in [0.1, 0.15) is 23.1 Å². The van der Waals surface area contributed by atoms with Gasteiger partial charge in [0.2, 0.25) is 0 Å². The summed E-state index contributed by atoms with van der Waals surface area (Å²) in [5, 5.41) is 2.19. The largest absolute Gasteiger partial charge is 0.464 e. The number of nitrogens with two attached hydrogens (primary N) is 1. The van der Waals surface area contributed by atoms with Gasteiger partial charge in [-0.25, -0.2) is 0 Å². The molecule has 0 saturated heterocycles. The fourth-order valence-corrected chi connectivity index (χ4v) is 2.72. The minimum Gasteiger partial charge on any atom is -0.464 e. The second-order valence-corrected chi connectivity index (χ2v) is 5.28. The van der Waals surface area contributed by atoms with Crippen molar-refractivity contribution < 1.29 is 8.83 Å². The van der Waals surface area contributed by atoms with Gasteiger partial charge in [0.05, 0.1) is 6.04 Å². The molecular formula is C18H15NO2. The average molecular weight is 277 g/mol. The maximum Gasteiger partial charge on any atom is 0.135 e. The number of aryl methyl sites for hydroxylation is 1. The number of hydrogen-bond acceptors (Lipinski definition) is 3. The first-order chi connectivity index (χ1) is 10.2. The van der Waals surface area contributed by atoms with E-state index in [4.69, 9.17) is 14.6 Å². The molecule has 1 atom stereocenters. The topological polar surface area (TPSA) is 52.3 Å². The molecule has 0 amide bonds. The molecule has 0 bridgehead atoms. The Balaban J connectivity index is 1.88. The SMILES string of the molecule is Cc1ccc(C(N)c2ccc3oc4ccccc4c3c2)o1. The van der Waals surface area contributed by atoms with E-state index in [0.29, 0.717) is 0 Å². The third-order valence-electron chi connectivity index (χ3n) is 3.83. The van der Waals surface area contributed by atoms with Crippen molar-refractivity contribution in [1.29, 1.82) is 0 Å². The Morgan fingerprint density at radius 2 is 1.67 bits per heavy atom. The molecule has 21 heavy (non-hydrogen) atoms. The Kier molecular flexibility index (Phi) is 2.62. The summed E-state index contributed by atoms with van der Waals surface area (Å²) in [5.74, 6) is 1.65. The Hall–Kier alpha value is -2.52. The van der Waals surface area contributed by atoms with Crippen LogP contribution in [0.25, 0.3) is 21.9 Å². The van der Waals surface area contributed by atoms with Crippen molar-refractivity contribution in [3.05, 3.63) is 71.7 Å². The van der Waals surface area contributed by atoms with Crippen LogP contribution in [-0.2, 0) is 0 Å². The van der Waals surface area contributed by atoms with E-state index in [0.717, 1.165) is 39.0 Å². The van der Waals surface area contributed by atoms with E-state index in [-0.39, 0.29) is 6.04 Å². The van der Waals surface area contributed by atoms with Crippen molar-refractivity contribution in [2.75, 3.05) is 0 Å². The molecule has 0 aliphatic heterocycles. The summed E-state index contributed by atoms with van der Waals surface area (Å²) in [6, 6.07) is 17.7. The molecule has 0 saturated carbocycles. The maximum atomic E-state index is 6.31. The van der Waals surface area contributed by atoms with E-state index in [1.807, 2.05) is 49.4 Å². The number of rotatable bonds is 2. The van der Waals surface area contributed by atoms with Crippen LogP contribution < -0.4 is 5.73 Å². The minimum absolute atomic E-state index is 0.267. The van der Waals surface area contributed by atoms with Crippen LogP contribution in [0.3, 0.4) is 0 Å². The molecule has 1 unspecified atom stereocenters. The summed E-state index contributed by atoms with van der Waals surface area (Å²) in [6.07, 6.45) is 0. The lowest BCUT2D eigenvalue weighted by molar-refractivity contribution is 0.466. The number of furan rings is 2. The fourth-order valence-electron chi connectivity index (χ4n) is 2.72. The van der Waals surface area contributed by atoms with Crippen molar-refractivity contribution in [2.24, 2.45) is 5.73 Å². The minimum atomic E-state index is -0.267. The van der Waals surface area contributed by atoms with Crippen molar-refractivity contribution in [2.45, 2.75) is 13.0 Å². The highest BCUT2D eigenvalue weighted by Gasteiger charge is 2.15. The quantitative estimate of drug-likeness (QED) is 0.585. The zero-order chi connectivity index (χ0) is 14.4. The molecular weight excluding hydrogens is 262 g/mol. The molecule has 0 aliphatic rings. The number of fused-ring (bicyclic) bond motifs is 3. The van der Waals surface area contributed by atoms with Gasteiger partial charge in [-0.05, 0) is 42.8 Å². The summed E-state index contributed by atoms with van der Waals surface area (Å²) in [6.45, 7) is 1.92. The van der Waals surface area contributed by atoms with Gasteiger partial charge in [-0.15, -0.1) is 0 Å². The normalized spacial score (nSPS) is 13.0. The van der Waals surface area contributed by atoms with E-state index in [1.165, 1.54) is 0 Å². The molecule has 0 aliphatic carbocycles. The average Bonchev–Trinajstić information content (AvgIpc) is 3.09. The molecule has 2 aromatic heterocycles. The molecule has 0 radical (unpaired) electrons. The van der Waals surface area contributed by atoms with Gasteiger partial charge in [-0.2, -0.15) is 0 Å². The monoisotopic (exact) mass is 277 g/mol. The molecule has 104 valence electrons. The van der Waals surface area contributed by atoms with Gasteiger partial charge in [-0.3, -0.25) is 0 Å². The Morgan fingerprint density at radius 3 is 2.48 bits per heavy atom. The highest BCUT2D eigenvalue weighted by atomic mass is 16.3. The highest BCUT2D eigenvalue weighted by Crippen LogP contribution is 2.31. The van der Waals surface area contributed by atoms with Crippen molar-refractivity contribution in [3.63, 3.8) is 0 Å².